The van der Waals surface area contributed by atoms with Crippen molar-refractivity contribution in [3.63, 3.8) is 0 Å². The number of carbonyl (C=O) groups is 1. The Kier molecular flexibility index (Phi) is 6.80. The van der Waals surface area contributed by atoms with E-state index in [1.165, 1.54) is 28.7 Å². The molecule has 0 saturated heterocycles. The first-order valence-electron chi connectivity index (χ1n) is 7.96. The number of amides is 1. The molecule has 0 aliphatic rings. The van der Waals surface area contributed by atoms with Gasteiger partial charge in [0.2, 0.25) is 5.13 Å². The number of hydrogen-bond acceptors (Lipinski definition) is 7. The van der Waals surface area contributed by atoms with Gasteiger partial charge in [-0.3, -0.25) is 4.79 Å². The Bertz CT molecular complexity index is 926. The highest BCUT2D eigenvalue weighted by atomic mass is 35.5. The van der Waals surface area contributed by atoms with Gasteiger partial charge in [0.1, 0.15) is 0 Å². The molecular weight excluding hydrogens is 402 g/mol. The fraction of sp³-hybridized carbons (Fsp3) is 0.111. The van der Waals surface area contributed by atoms with Gasteiger partial charge >= 0.3 is 0 Å². The summed E-state index contributed by atoms with van der Waals surface area (Å²) in [6, 6.07) is 15.2. The predicted molar refractivity (Wildman–Crippen MR) is 112 cm³/mol. The summed E-state index contributed by atoms with van der Waals surface area (Å²) >= 11 is 8.52. The summed E-state index contributed by atoms with van der Waals surface area (Å²) in [5.41, 5.74) is 5.48. The van der Waals surface area contributed by atoms with E-state index in [2.05, 4.69) is 26.0 Å². The second-order valence-corrected chi connectivity index (χ2v) is 8.13. The van der Waals surface area contributed by atoms with Crippen molar-refractivity contribution >= 4 is 57.6 Å². The average Bonchev–Trinajstić information content (AvgIpc) is 3.11. The predicted octanol–water partition coefficient (Wildman–Crippen LogP) is 4.49. The average molecular weight is 418 g/mol. The van der Waals surface area contributed by atoms with E-state index in [1.807, 2.05) is 43.3 Å². The first kappa shape index (κ1) is 19.3. The fourth-order valence-corrected chi connectivity index (χ4v) is 3.66. The molecule has 0 unspecified atom stereocenters. The molecule has 1 heterocycles. The molecule has 3 aromatic rings. The van der Waals surface area contributed by atoms with Gasteiger partial charge in [-0.15, -0.1) is 10.2 Å². The molecule has 0 fully saturated rings. The quantitative estimate of drug-likeness (QED) is 0.336. The summed E-state index contributed by atoms with van der Waals surface area (Å²) in [6.07, 6.45) is 1.56. The number of hydrazone groups is 1. The van der Waals surface area contributed by atoms with E-state index < -0.39 is 0 Å². The van der Waals surface area contributed by atoms with Crippen LogP contribution in [0.5, 0.6) is 0 Å². The zero-order chi connectivity index (χ0) is 19.1. The van der Waals surface area contributed by atoms with Crippen LogP contribution in [0.1, 0.15) is 11.1 Å². The smallest absolute Gasteiger partial charge is 0.250 e. The molecule has 0 spiro atoms. The molecule has 2 N–H and O–H groups in total. The maximum atomic E-state index is 11.9. The Labute approximate surface area is 170 Å². The SMILES string of the molecule is Cc1ccc(Nc2nnc(SCC(=O)N/N=C/c3ccc(Cl)cc3)s2)cc1. The van der Waals surface area contributed by atoms with E-state index in [1.54, 1.807) is 18.3 Å². The van der Waals surface area contributed by atoms with Gasteiger partial charge in [-0.05, 0) is 36.8 Å². The van der Waals surface area contributed by atoms with Crippen LogP contribution in [0, 0.1) is 6.92 Å². The molecule has 0 aliphatic heterocycles. The lowest BCUT2D eigenvalue weighted by Gasteiger charge is -2.01. The number of halogens is 1. The molecule has 0 bridgehead atoms. The van der Waals surface area contributed by atoms with Gasteiger partial charge in [0.05, 0.1) is 12.0 Å². The first-order chi connectivity index (χ1) is 13.1. The van der Waals surface area contributed by atoms with Gasteiger partial charge in [-0.25, -0.2) is 5.43 Å². The number of benzene rings is 2. The lowest BCUT2D eigenvalue weighted by atomic mass is 10.2. The van der Waals surface area contributed by atoms with Gasteiger partial charge < -0.3 is 5.32 Å². The third-order valence-electron chi connectivity index (χ3n) is 3.31. The molecule has 3 rings (SSSR count). The third-order valence-corrected chi connectivity index (χ3v) is 5.53. The number of aromatic nitrogens is 2. The lowest BCUT2D eigenvalue weighted by molar-refractivity contribution is -0.118. The summed E-state index contributed by atoms with van der Waals surface area (Å²) in [5.74, 6) is -0.00891. The number of thioether (sulfide) groups is 1. The van der Waals surface area contributed by atoms with Crippen LogP contribution in [0.25, 0.3) is 0 Å². The third kappa shape index (κ3) is 6.35. The Hall–Kier alpha value is -2.42. The summed E-state index contributed by atoms with van der Waals surface area (Å²) in [7, 11) is 0. The Morgan fingerprint density at radius 2 is 1.93 bits per heavy atom. The number of anilines is 2. The van der Waals surface area contributed by atoms with Crippen molar-refractivity contribution < 1.29 is 4.79 Å². The first-order valence-corrected chi connectivity index (χ1v) is 10.1. The van der Waals surface area contributed by atoms with Crippen LogP contribution in [-0.4, -0.2) is 28.1 Å². The number of nitrogens with one attached hydrogen (secondary N) is 2. The minimum absolute atomic E-state index is 0.205. The normalized spacial score (nSPS) is 10.9. The van der Waals surface area contributed by atoms with Crippen LogP contribution in [0.15, 0.2) is 58.0 Å². The molecule has 0 saturated carbocycles. The molecule has 0 aliphatic carbocycles. The van der Waals surface area contributed by atoms with Crippen molar-refractivity contribution in [3.05, 3.63) is 64.7 Å². The van der Waals surface area contributed by atoms with E-state index in [0.717, 1.165) is 11.3 Å². The van der Waals surface area contributed by atoms with Crippen LogP contribution in [0.3, 0.4) is 0 Å². The minimum atomic E-state index is -0.214. The van der Waals surface area contributed by atoms with Gasteiger partial charge in [-0.2, -0.15) is 5.10 Å². The number of hydrogen-bond donors (Lipinski definition) is 2. The number of aryl methyl sites for hydroxylation is 1. The zero-order valence-electron chi connectivity index (χ0n) is 14.3. The molecule has 9 heteroatoms. The largest absolute Gasteiger partial charge is 0.330 e. The van der Waals surface area contributed by atoms with Crippen molar-refractivity contribution in [1.82, 2.24) is 15.6 Å². The molecule has 0 atom stereocenters. The molecule has 2 aromatic carbocycles. The lowest BCUT2D eigenvalue weighted by Crippen LogP contribution is -2.19. The van der Waals surface area contributed by atoms with Gasteiger partial charge in [-0.1, -0.05) is 64.5 Å². The van der Waals surface area contributed by atoms with Crippen molar-refractivity contribution in [3.8, 4) is 0 Å². The van der Waals surface area contributed by atoms with Crippen molar-refractivity contribution in [2.45, 2.75) is 11.3 Å². The highest BCUT2D eigenvalue weighted by Gasteiger charge is 2.08. The van der Waals surface area contributed by atoms with Crippen LogP contribution in [-0.2, 0) is 4.79 Å². The van der Waals surface area contributed by atoms with E-state index >= 15 is 0 Å². The van der Waals surface area contributed by atoms with Gasteiger partial charge in [0, 0.05) is 10.7 Å². The van der Waals surface area contributed by atoms with E-state index in [0.29, 0.717) is 14.5 Å². The zero-order valence-corrected chi connectivity index (χ0v) is 16.7. The van der Waals surface area contributed by atoms with E-state index in [-0.39, 0.29) is 11.7 Å². The molecule has 6 nitrogen and oxygen atoms in total. The standard InChI is InChI=1S/C18H16ClN5OS2/c1-12-2-8-15(9-3-12)21-17-23-24-18(27-17)26-11-16(25)22-20-10-13-4-6-14(19)7-5-13/h2-10H,11H2,1H3,(H,21,23)(H,22,25)/b20-10+. The Morgan fingerprint density at radius 3 is 2.67 bits per heavy atom. The van der Waals surface area contributed by atoms with Crippen molar-refractivity contribution in [2.24, 2.45) is 5.10 Å². The monoisotopic (exact) mass is 417 g/mol. The van der Waals surface area contributed by atoms with Gasteiger partial charge in [0.25, 0.3) is 5.91 Å². The maximum absolute atomic E-state index is 11.9. The fourth-order valence-electron chi connectivity index (χ4n) is 1.97. The maximum Gasteiger partial charge on any atom is 0.250 e. The number of rotatable bonds is 7. The van der Waals surface area contributed by atoms with Crippen LogP contribution in [0.2, 0.25) is 5.02 Å². The molecular formula is C18H16ClN5OS2. The molecule has 27 heavy (non-hydrogen) atoms. The second kappa shape index (κ2) is 9.50. The molecule has 138 valence electrons. The summed E-state index contributed by atoms with van der Waals surface area (Å²) < 4.78 is 0.710. The van der Waals surface area contributed by atoms with Gasteiger partial charge in [0.15, 0.2) is 4.34 Å². The number of carbonyl (C=O) groups excluding carboxylic acids is 1. The summed E-state index contributed by atoms with van der Waals surface area (Å²) in [6.45, 7) is 2.04. The van der Waals surface area contributed by atoms with E-state index in [4.69, 9.17) is 11.6 Å². The summed E-state index contributed by atoms with van der Waals surface area (Å²) in [5, 5.41) is 16.6. The minimum Gasteiger partial charge on any atom is -0.330 e. The van der Waals surface area contributed by atoms with E-state index in [9.17, 15) is 4.79 Å². The molecule has 1 amide bonds. The highest BCUT2D eigenvalue weighted by molar-refractivity contribution is 8.01. The number of nitrogens with zero attached hydrogens (tertiary/aromatic N) is 3. The topological polar surface area (TPSA) is 79.3 Å². The highest BCUT2D eigenvalue weighted by Crippen LogP contribution is 2.27. The molecule has 1 aromatic heterocycles. The second-order valence-electron chi connectivity index (χ2n) is 5.50. The molecule has 0 radical (unpaired) electrons. The van der Waals surface area contributed by atoms with Crippen molar-refractivity contribution in [1.29, 1.82) is 0 Å². The summed E-state index contributed by atoms with van der Waals surface area (Å²) in [4.78, 5) is 11.9. The van der Waals surface area contributed by atoms with Crippen LogP contribution in [0.4, 0.5) is 10.8 Å². The van der Waals surface area contributed by atoms with Crippen molar-refractivity contribution in [2.75, 3.05) is 11.1 Å². The van der Waals surface area contributed by atoms with Crippen LogP contribution >= 0.6 is 34.7 Å². The van der Waals surface area contributed by atoms with Crippen LogP contribution < -0.4 is 10.7 Å². The Balaban J connectivity index is 1.44. The Morgan fingerprint density at radius 1 is 1.19 bits per heavy atom.